The third-order valence-corrected chi connectivity index (χ3v) is 4.15. The molecule has 0 bridgehead atoms. The molecule has 0 aromatic carbocycles. The Kier molecular flexibility index (Phi) is 3.97. The van der Waals surface area contributed by atoms with Crippen LogP contribution in [0.3, 0.4) is 0 Å². The number of halogens is 1. The number of anilines is 1. The molecule has 0 aliphatic carbocycles. The molecule has 1 aliphatic rings. The Morgan fingerprint density at radius 1 is 1.00 bits per heavy atom. The summed E-state index contributed by atoms with van der Waals surface area (Å²) in [5, 5.41) is 0. The molecule has 0 unspecified atom stereocenters. The second kappa shape index (κ2) is 5.87. The third-order valence-electron chi connectivity index (χ3n) is 3.72. The van der Waals surface area contributed by atoms with Gasteiger partial charge in [0.1, 0.15) is 5.52 Å². The van der Waals surface area contributed by atoms with Crippen molar-refractivity contribution >= 4 is 32.7 Å². The fourth-order valence-corrected chi connectivity index (χ4v) is 3.05. The van der Waals surface area contributed by atoms with E-state index in [2.05, 4.69) is 36.9 Å². The van der Waals surface area contributed by atoms with Crippen LogP contribution in [0, 0.1) is 0 Å². The van der Waals surface area contributed by atoms with Crippen molar-refractivity contribution in [3.63, 3.8) is 0 Å². The maximum absolute atomic E-state index is 4.56. The first-order valence-electron chi connectivity index (χ1n) is 7.00. The van der Waals surface area contributed by atoms with Gasteiger partial charge in [0, 0.05) is 30.0 Å². The highest BCUT2D eigenvalue weighted by molar-refractivity contribution is 9.10. The molecule has 19 heavy (non-hydrogen) atoms. The zero-order valence-electron chi connectivity index (χ0n) is 11.0. The highest BCUT2D eigenvalue weighted by atomic mass is 79.9. The van der Waals surface area contributed by atoms with E-state index in [0.29, 0.717) is 0 Å². The maximum atomic E-state index is 4.56. The predicted octanol–water partition coefficient (Wildman–Crippen LogP) is 4.16. The van der Waals surface area contributed by atoms with E-state index in [4.69, 9.17) is 0 Å². The number of hydrogen-bond donors (Lipinski definition) is 0. The first kappa shape index (κ1) is 12.9. The topological polar surface area (TPSA) is 29.0 Å². The Labute approximate surface area is 122 Å². The lowest BCUT2D eigenvalue weighted by Gasteiger charge is -2.27. The second-order valence-electron chi connectivity index (χ2n) is 5.11. The predicted molar refractivity (Wildman–Crippen MR) is 82.5 cm³/mol. The molecule has 0 spiro atoms. The lowest BCUT2D eigenvalue weighted by molar-refractivity contribution is 0.557. The molecule has 1 saturated heterocycles. The molecule has 1 fully saturated rings. The quantitative estimate of drug-likeness (QED) is 0.790. The minimum Gasteiger partial charge on any atom is -0.370 e. The van der Waals surface area contributed by atoms with Crippen molar-refractivity contribution < 1.29 is 0 Å². The minimum absolute atomic E-state index is 0.967. The zero-order chi connectivity index (χ0) is 13.1. The van der Waals surface area contributed by atoms with E-state index in [1.54, 1.807) is 0 Å². The summed E-state index contributed by atoms with van der Waals surface area (Å²) >= 11 is 3.46. The normalized spacial score (nSPS) is 17.2. The van der Waals surface area contributed by atoms with Gasteiger partial charge in [0.05, 0.1) is 11.2 Å². The largest absolute Gasteiger partial charge is 0.370 e. The van der Waals surface area contributed by atoms with Gasteiger partial charge in [0.15, 0.2) is 0 Å². The van der Waals surface area contributed by atoms with Gasteiger partial charge in [0.25, 0.3) is 0 Å². The first-order chi connectivity index (χ1) is 9.34. The molecule has 0 atom stereocenters. The van der Waals surface area contributed by atoms with Crippen LogP contribution in [0.4, 0.5) is 5.69 Å². The zero-order valence-corrected chi connectivity index (χ0v) is 12.6. The average molecular weight is 320 g/mol. The molecular formula is C15H18BrN3. The number of fused-ring (bicyclic) bond motifs is 1. The van der Waals surface area contributed by atoms with Crippen LogP contribution >= 0.6 is 15.9 Å². The first-order valence-corrected chi connectivity index (χ1v) is 7.79. The molecular weight excluding hydrogens is 302 g/mol. The molecule has 0 saturated carbocycles. The molecule has 100 valence electrons. The maximum Gasteiger partial charge on any atom is 0.112 e. The van der Waals surface area contributed by atoms with Gasteiger partial charge in [0.2, 0.25) is 0 Å². The van der Waals surface area contributed by atoms with Gasteiger partial charge in [-0.25, -0.2) is 0 Å². The fraction of sp³-hybridized carbons (Fsp3) is 0.467. The van der Waals surface area contributed by atoms with Gasteiger partial charge in [-0.3, -0.25) is 9.97 Å². The number of pyridine rings is 2. The van der Waals surface area contributed by atoms with Crippen molar-refractivity contribution in [3.8, 4) is 0 Å². The second-order valence-corrected chi connectivity index (χ2v) is 6.02. The van der Waals surface area contributed by atoms with E-state index in [1.807, 2.05) is 18.5 Å². The van der Waals surface area contributed by atoms with Crippen LogP contribution in [-0.2, 0) is 0 Å². The van der Waals surface area contributed by atoms with Crippen LogP contribution in [0.5, 0.6) is 0 Å². The Morgan fingerprint density at radius 2 is 1.74 bits per heavy atom. The summed E-state index contributed by atoms with van der Waals surface area (Å²) in [6, 6.07) is 4.14. The van der Waals surface area contributed by atoms with Gasteiger partial charge in [-0.05, 0) is 40.9 Å². The van der Waals surface area contributed by atoms with E-state index in [0.717, 1.165) is 28.6 Å². The summed E-state index contributed by atoms with van der Waals surface area (Å²) in [5.74, 6) is 0. The number of rotatable bonds is 1. The molecule has 4 heteroatoms. The fourth-order valence-electron chi connectivity index (χ4n) is 2.73. The van der Waals surface area contributed by atoms with Gasteiger partial charge in [-0.15, -0.1) is 0 Å². The van der Waals surface area contributed by atoms with E-state index >= 15 is 0 Å². The van der Waals surface area contributed by atoms with Crippen molar-refractivity contribution in [2.75, 3.05) is 18.0 Å². The monoisotopic (exact) mass is 319 g/mol. The molecule has 2 aromatic heterocycles. The van der Waals surface area contributed by atoms with Crippen LogP contribution < -0.4 is 4.90 Å². The molecule has 0 radical (unpaired) electrons. The van der Waals surface area contributed by atoms with Crippen molar-refractivity contribution in [1.29, 1.82) is 0 Å². The van der Waals surface area contributed by atoms with Gasteiger partial charge >= 0.3 is 0 Å². The van der Waals surface area contributed by atoms with Crippen molar-refractivity contribution in [1.82, 2.24) is 9.97 Å². The van der Waals surface area contributed by atoms with E-state index in [1.165, 1.54) is 37.8 Å². The van der Waals surface area contributed by atoms with Gasteiger partial charge < -0.3 is 4.90 Å². The molecule has 2 aromatic rings. The minimum atomic E-state index is 0.967. The van der Waals surface area contributed by atoms with E-state index < -0.39 is 0 Å². The van der Waals surface area contributed by atoms with Gasteiger partial charge in [-0.1, -0.05) is 19.3 Å². The Hall–Kier alpha value is -1.16. The highest BCUT2D eigenvalue weighted by Crippen LogP contribution is 2.27. The average Bonchev–Trinajstić information content (AvgIpc) is 2.37. The number of nitrogens with zero attached hydrogens (tertiary/aromatic N) is 3. The third kappa shape index (κ3) is 2.89. The highest BCUT2D eigenvalue weighted by Gasteiger charge is 2.13. The van der Waals surface area contributed by atoms with Gasteiger partial charge in [-0.2, -0.15) is 0 Å². The number of hydrogen-bond acceptors (Lipinski definition) is 3. The summed E-state index contributed by atoms with van der Waals surface area (Å²) in [4.78, 5) is 11.5. The summed E-state index contributed by atoms with van der Waals surface area (Å²) in [6.45, 7) is 2.27. The Morgan fingerprint density at radius 3 is 2.53 bits per heavy atom. The molecule has 3 rings (SSSR count). The van der Waals surface area contributed by atoms with Crippen LogP contribution in [0.25, 0.3) is 11.0 Å². The summed E-state index contributed by atoms with van der Waals surface area (Å²) in [6.07, 6.45) is 10.4. The Balaban J connectivity index is 1.98. The summed E-state index contributed by atoms with van der Waals surface area (Å²) in [7, 11) is 0. The molecule has 3 heterocycles. The molecule has 3 nitrogen and oxygen atoms in total. The molecule has 0 N–H and O–H groups in total. The van der Waals surface area contributed by atoms with Crippen molar-refractivity contribution in [3.05, 3.63) is 29.0 Å². The van der Waals surface area contributed by atoms with Crippen LogP contribution in [0.2, 0.25) is 0 Å². The van der Waals surface area contributed by atoms with Crippen LogP contribution in [0.1, 0.15) is 32.1 Å². The SMILES string of the molecule is Brc1cnc2c(N3CCCCCCC3)ccnc2c1. The number of aromatic nitrogens is 2. The van der Waals surface area contributed by atoms with E-state index in [-0.39, 0.29) is 0 Å². The van der Waals surface area contributed by atoms with Crippen LogP contribution in [-0.4, -0.2) is 23.1 Å². The Bertz CT molecular complexity index is 562. The smallest absolute Gasteiger partial charge is 0.112 e. The summed E-state index contributed by atoms with van der Waals surface area (Å²) in [5.41, 5.74) is 3.22. The van der Waals surface area contributed by atoms with E-state index in [9.17, 15) is 0 Å². The lowest BCUT2D eigenvalue weighted by atomic mass is 10.1. The summed E-state index contributed by atoms with van der Waals surface area (Å²) < 4.78 is 0.984. The van der Waals surface area contributed by atoms with Crippen LogP contribution in [0.15, 0.2) is 29.0 Å². The van der Waals surface area contributed by atoms with Crippen molar-refractivity contribution in [2.45, 2.75) is 32.1 Å². The van der Waals surface area contributed by atoms with Crippen molar-refractivity contribution in [2.24, 2.45) is 0 Å². The molecule has 0 amide bonds. The lowest BCUT2D eigenvalue weighted by Crippen LogP contribution is -2.27. The molecule has 1 aliphatic heterocycles. The standard InChI is InChI=1S/C15H18BrN3/c16-12-10-13-15(18-11-12)14(6-7-17-13)19-8-4-2-1-3-5-9-19/h6-7,10-11H,1-5,8-9H2.